The fourth-order valence-corrected chi connectivity index (χ4v) is 3.14. The highest BCUT2D eigenvalue weighted by Gasteiger charge is 2.34. The van der Waals surface area contributed by atoms with E-state index in [2.05, 4.69) is 5.32 Å². The van der Waals surface area contributed by atoms with Gasteiger partial charge in [0.05, 0.1) is 0 Å². The Morgan fingerprint density at radius 3 is 2.50 bits per heavy atom. The zero-order valence-electron chi connectivity index (χ0n) is 12.0. The first-order chi connectivity index (χ1) is 9.54. The number of hydrogen-bond acceptors (Lipinski definition) is 3. The van der Waals surface area contributed by atoms with Crippen molar-refractivity contribution in [3.63, 3.8) is 0 Å². The molecule has 0 spiro atoms. The minimum absolute atomic E-state index is 0.599. The summed E-state index contributed by atoms with van der Waals surface area (Å²) in [5, 5.41) is 13.3. The van der Waals surface area contributed by atoms with E-state index in [-0.39, 0.29) is 0 Å². The SMILES string of the molecule is CCNC(CC)(CCCSc1ccc(Cl)cc1)C(=O)O. The Kier molecular flexibility index (Phi) is 7.41. The van der Waals surface area contributed by atoms with Crippen molar-refractivity contribution in [3.05, 3.63) is 29.3 Å². The van der Waals surface area contributed by atoms with E-state index in [9.17, 15) is 9.90 Å². The Bertz CT molecular complexity index is 424. The third kappa shape index (κ3) is 5.00. The van der Waals surface area contributed by atoms with Crippen LogP contribution in [0.15, 0.2) is 29.2 Å². The Morgan fingerprint density at radius 2 is 2.00 bits per heavy atom. The summed E-state index contributed by atoms with van der Waals surface area (Å²) in [4.78, 5) is 12.6. The third-order valence-corrected chi connectivity index (χ3v) is 4.71. The number of likely N-dealkylation sites (N-methyl/N-ethyl adjacent to an activating group) is 1. The second-order valence-electron chi connectivity index (χ2n) is 4.68. The van der Waals surface area contributed by atoms with Crippen LogP contribution in [0.2, 0.25) is 5.02 Å². The Labute approximate surface area is 130 Å². The van der Waals surface area contributed by atoms with Gasteiger partial charge in [0.2, 0.25) is 0 Å². The predicted molar refractivity (Wildman–Crippen MR) is 85.7 cm³/mol. The van der Waals surface area contributed by atoms with Gasteiger partial charge in [0.25, 0.3) is 0 Å². The molecule has 0 radical (unpaired) electrons. The maximum atomic E-state index is 11.5. The summed E-state index contributed by atoms with van der Waals surface area (Å²) in [6.07, 6.45) is 2.11. The zero-order chi connectivity index (χ0) is 15.0. The first-order valence-electron chi connectivity index (χ1n) is 6.91. The number of carboxylic acid groups (broad SMARTS) is 1. The summed E-state index contributed by atoms with van der Waals surface area (Å²) >= 11 is 7.57. The minimum atomic E-state index is -0.782. The van der Waals surface area contributed by atoms with E-state index in [0.717, 1.165) is 22.1 Å². The van der Waals surface area contributed by atoms with Crippen molar-refractivity contribution >= 4 is 29.3 Å². The van der Waals surface area contributed by atoms with E-state index >= 15 is 0 Å². The number of halogens is 1. The van der Waals surface area contributed by atoms with Crippen molar-refractivity contribution < 1.29 is 9.90 Å². The van der Waals surface area contributed by atoms with Crippen molar-refractivity contribution in [2.24, 2.45) is 0 Å². The number of carbonyl (C=O) groups is 1. The van der Waals surface area contributed by atoms with Gasteiger partial charge in [-0.3, -0.25) is 4.79 Å². The van der Waals surface area contributed by atoms with E-state index < -0.39 is 11.5 Å². The van der Waals surface area contributed by atoms with Crippen LogP contribution in [-0.2, 0) is 4.79 Å². The van der Waals surface area contributed by atoms with Crippen molar-refractivity contribution in [1.29, 1.82) is 0 Å². The molecule has 5 heteroatoms. The van der Waals surface area contributed by atoms with Crippen LogP contribution < -0.4 is 5.32 Å². The molecule has 0 saturated carbocycles. The van der Waals surface area contributed by atoms with Gasteiger partial charge >= 0.3 is 5.97 Å². The van der Waals surface area contributed by atoms with Crippen molar-refractivity contribution in [2.45, 2.75) is 43.5 Å². The standard InChI is InChI=1S/C15H22ClNO2S/c1-3-15(14(18)19,17-4-2)10-5-11-20-13-8-6-12(16)7-9-13/h6-9,17H,3-5,10-11H2,1-2H3,(H,18,19). The second-order valence-corrected chi connectivity index (χ2v) is 6.28. The van der Waals surface area contributed by atoms with Gasteiger partial charge in [-0.1, -0.05) is 25.4 Å². The Morgan fingerprint density at radius 1 is 1.35 bits per heavy atom. The fraction of sp³-hybridized carbons (Fsp3) is 0.533. The first-order valence-corrected chi connectivity index (χ1v) is 8.27. The molecule has 0 amide bonds. The molecule has 0 heterocycles. The van der Waals surface area contributed by atoms with Crippen LogP contribution >= 0.6 is 23.4 Å². The minimum Gasteiger partial charge on any atom is -0.480 e. The smallest absolute Gasteiger partial charge is 0.323 e. The number of benzene rings is 1. The van der Waals surface area contributed by atoms with Gasteiger partial charge in [0, 0.05) is 9.92 Å². The largest absolute Gasteiger partial charge is 0.480 e. The molecule has 1 rings (SSSR count). The summed E-state index contributed by atoms with van der Waals surface area (Å²) in [7, 11) is 0. The lowest BCUT2D eigenvalue weighted by Gasteiger charge is -2.29. The molecule has 0 aliphatic carbocycles. The van der Waals surface area contributed by atoms with Gasteiger partial charge in [-0.25, -0.2) is 0 Å². The van der Waals surface area contributed by atoms with Gasteiger partial charge in [-0.15, -0.1) is 11.8 Å². The summed E-state index contributed by atoms with van der Waals surface area (Å²) in [6, 6.07) is 7.72. The maximum absolute atomic E-state index is 11.5. The fourth-order valence-electron chi connectivity index (χ4n) is 2.16. The van der Waals surface area contributed by atoms with Gasteiger partial charge in [-0.2, -0.15) is 0 Å². The second kappa shape index (κ2) is 8.55. The molecule has 1 aromatic rings. The Balaban J connectivity index is 2.44. The van der Waals surface area contributed by atoms with E-state index in [1.54, 1.807) is 11.8 Å². The molecule has 0 aromatic heterocycles. The van der Waals surface area contributed by atoms with Crippen LogP contribution in [0.3, 0.4) is 0 Å². The van der Waals surface area contributed by atoms with E-state index in [1.165, 1.54) is 0 Å². The molecular formula is C15H22ClNO2S. The van der Waals surface area contributed by atoms with E-state index in [0.29, 0.717) is 19.4 Å². The van der Waals surface area contributed by atoms with Crippen molar-refractivity contribution in [3.8, 4) is 0 Å². The highest BCUT2D eigenvalue weighted by molar-refractivity contribution is 7.99. The van der Waals surface area contributed by atoms with Crippen LogP contribution in [0, 0.1) is 0 Å². The number of nitrogens with one attached hydrogen (secondary N) is 1. The molecule has 1 atom stereocenters. The van der Waals surface area contributed by atoms with Crippen molar-refractivity contribution in [1.82, 2.24) is 5.32 Å². The number of hydrogen-bond donors (Lipinski definition) is 2. The highest BCUT2D eigenvalue weighted by Crippen LogP contribution is 2.24. The third-order valence-electron chi connectivity index (χ3n) is 3.36. The average molecular weight is 316 g/mol. The number of carboxylic acids is 1. The molecule has 112 valence electrons. The lowest BCUT2D eigenvalue weighted by molar-refractivity contribution is -0.145. The molecule has 0 bridgehead atoms. The van der Waals surface area contributed by atoms with Gasteiger partial charge in [-0.05, 0) is 55.8 Å². The number of rotatable bonds is 9. The molecule has 1 aromatic carbocycles. The topological polar surface area (TPSA) is 49.3 Å². The van der Waals surface area contributed by atoms with Crippen molar-refractivity contribution in [2.75, 3.05) is 12.3 Å². The molecular weight excluding hydrogens is 294 g/mol. The molecule has 0 saturated heterocycles. The quantitative estimate of drug-likeness (QED) is 0.533. The molecule has 0 aliphatic rings. The summed E-state index contributed by atoms with van der Waals surface area (Å²) in [5.74, 6) is 0.153. The van der Waals surface area contributed by atoms with E-state index in [4.69, 9.17) is 11.6 Å². The van der Waals surface area contributed by atoms with Crippen LogP contribution in [-0.4, -0.2) is 28.9 Å². The van der Waals surface area contributed by atoms with Crippen LogP contribution in [0.4, 0.5) is 0 Å². The van der Waals surface area contributed by atoms with Crippen LogP contribution in [0.5, 0.6) is 0 Å². The summed E-state index contributed by atoms with van der Waals surface area (Å²) in [5.41, 5.74) is -0.782. The molecule has 3 nitrogen and oxygen atoms in total. The lowest BCUT2D eigenvalue weighted by Crippen LogP contribution is -2.51. The molecule has 1 unspecified atom stereocenters. The number of thioether (sulfide) groups is 1. The number of aliphatic carboxylic acids is 1. The normalized spacial score (nSPS) is 13.9. The Hall–Kier alpha value is -0.710. The average Bonchev–Trinajstić information content (AvgIpc) is 2.44. The molecule has 20 heavy (non-hydrogen) atoms. The zero-order valence-corrected chi connectivity index (χ0v) is 13.6. The van der Waals surface area contributed by atoms with Gasteiger partial charge in [0.15, 0.2) is 0 Å². The van der Waals surface area contributed by atoms with Crippen LogP contribution in [0.25, 0.3) is 0 Å². The van der Waals surface area contributed by atoms with Crippen LogP contribution in [0.1, 0.15) is 33.1 Å². The van der Waals surface area contributed by atoms with E-state index in [1.807, 2.05) is 38.1 Å². The van der Waals surface area contributed by atoms with Gasteiger partial charge in [0.1, 0.15) is 5.54 Å². The van der Waals surface area contributed by atoms with Gasteiger partial charge < -0.3 is 10.4 Å². The summed E-state index contributed by atoms with van der Waals surface area (Å²) < 4.78 is 0. The molecule has 0 aliphatic heterocycles. The lowest BCUT2D eigenvalue weighted by atomic mass is 9.91. The monoisotopic (exact) mass is 315 g/mol. The first kappa shape index (κ1) is 17.3. The highest BCUT2D eigenvalue weighted by atomic mass is 35.5. The molecule has 0 fully saturated rings. The predicted octanol–water partition coefficient (Wildman–Crippen LogP) is 4.06. The maximum Gasteiger partial charge on any atom is 0.323 e. The summed E-state index contributed by atoms with van der Waals surface area (Å²) in [6.45, 7) is 4.53. The molecule has 2 N–H and O–H groups in total.